The molecule has 2 aromatic carbocycles. The van der Waals surface area contributed by atoms with E-state index in [0.717, 1.165) is 31.2 Å². The number of hydrogen-bond donors (Lipinski definition) is 1. The Morgan fingerprint density at radius 1 is 1.13 bits per heavy atom. The van der Waals surface area contributed by atoms with Gasteiger partial charge < -0.3 is 10.2 Å². The third-order valence-electron chi connectivity index (χ3n) is 5.71. The van der Waals surface area contributed by atoms with Gasteiger partial charge in [-0.25, -0.2) is 4.39 Å². The summed E-state index contributed by atoms with van der Waals surface area (Å²) < 4.78 is 13.4. The van der Waals surface area contributed by atoms with Crippen molar-refractivity contribution in [1.29, 1.82) is 0 Å². The maximum Gasteiger partial charge on any atom is 0.243 e. The maximum atomic E-state index is 13.4. The molecule has 1 aliphatic carbocycles. The Bertz CT molecular complexity index is 914. The maximum absolute atomic E-state index is 13.4. The lowest BCUT2D eigenvalue weighted by atomic mass is 10.1. The van der Waals surface area contributed by atoms with Crippen molar-refractivity contribution in [2.24, 2.45) is 0 Å². The van der Waals surface area contributed by atoms with E-state index in [-0.39, 0.29) is 36.6 Å². The van der Waals surface area contributed by atoms with Crippen LogP contribution in [0.15, 0.2) is 42.5 Å². The topological polar surface area (TPSA) is 49.4 Å². The standard InChI is InChI=1S/C24H27Cl2FN2O2/c1-2-22(24(31)28-20-5-3-4-6-20)29(15-16-7-11-19(27)12-8-16)23(30)13-17-9-10-18(25)14-21(17)26/h7-12,14,20,22H,2-6,13,15H2,1H3,(H,28,31)/t22-/m0/s1. The molecule has 0 saturated heterocycles. The summed E-state index contributed by atoms with van der Waals surface area (Å²) >= 11 is 12.2. The summed E-state index contributed by atoms with van der Waals surface area (Å²) in [6.07, 6.45) is 4.66. The van der Waals surface area contributed by atoms with Crippen molar-refractivity contribution in [3.8, 4) is 0 Å². The molecule has 166 valence electrons. The van der Waals surface area contributed by atoms with Gasteiger partial charge in [0.1, 0.15) is 11.9 Å². The van der Waals surface area contributed by atoms with Gasteiger partial charge >= 0.3 is 0 Å². The van der Waals surface area contributed by atoms with Crippen molar-refractivity contribution in [1.82, 2.24) is 10.2 Å². The van der Waals surface area contributed by atoms with E-state index in [4.69, 9.17) is 23.2 Å². The number of carbonyl (C=O) groups is 2. The molecule has 2 aromatic rings. The zero-order valence-electron chi connectivity index (χ0n) is 17.5. The second-order valence-corrected chi connectivity index (χ2v) is 8.82. The van der Waals surface area contributed by atoms with Crippen LogP contribution in [0.5, 0.6) is 0 Å². The molecule has 7 heteroatoms. The summed E-state index contributed by atoms with van der Waals surface area (Å²) in [4.78, 5) is 28.0. The fraction of sp³-hybridized carbons (Fsp3) is 0.417. The van der Waals surface area contributed by atoms with E-state index in [1.54, 1.807) is 35.2 Å². The number of halogens is 3. The Hall–Kier alpha value is -2.11. The van der Waals surface area contributed by atoms with E-state index in [0.29, 0.717) is 22.0 Å². The van der Waals surface area contributed by atoms with Gasteiger partial charge in [0.25, 0.3) is 0 Å². The van der Waals surface area contributed by atoms with Crippen LogP contribution >= 0.6 is 23.2 Å². The third kappa shape index (κ3) is 6.44. The van der Waals surface area contributed by atoms with E-state index in [2.05, 4.69) is 5.32 Å². The highest BCUT2D eigenvalue weighted by Gasteiger charge is 2.30. The minimum atomic E-state index is -0.621. The first-order valence-electron chi connectivity index (χ1n) is 10.7. The van der Waals surface area contributed by atoms with Gasteiger partial charge in [-0.05, 0) is 54.7 Å². The van der Waals surface area contributed by atoms with Crippen molar-refractivity contribution in [2.45, 2.75) is 64.1 Å². The number of hydrogen-bond acceptors (Lipinski definition) is 2. The Labute approximate surface area is 192 Å². The normalized spacial score (nSPS) is 15.0. The molecule has 0 spiro atoms. The van der Waals surface area contributed by atoms with Crippen LogP contribution in [0.4, 0.5) is 4.39 Å². The summed E-state index contributed by atoms with van der Waals surface area (Å²) in [7, 11) is 0. The lowest BCUT2D eigenvalue weighted by molar-refractivity contribution is -0.141. The number of carbonyl (C=O) groups excluding carboxylic acids is 2. The first-order chi connectivity index (χ1) is 14.9. The van der Waals surface area contributed by atoms with Crippen molar-refractivity contribution in [2.75, 3.05) is 0 Å². The number of nitrogens with zero attached hydrogens (tertiary/aromatic N) is 1. The summed E-state index contributed by atoms with van der Waals surface area (Å²) in [5.41, 5.74) is 1.40. The molecule has 0 radical (unpaired) electrons. The average molecular weight is 465 g/mol. The molecule has 1 atom stereocenters. The van der Waals surface area contributed by atoms with E-state index >= 15 is 0 Å². The van der Waals surface area contributed by atoms with Crippen molar-refractivity contribution in [3.63, 3.8) is 0 Å². The third-order valence-corrected chi connectivity index (χ3v) is 6.30. The summed E-state index contributed by atoms with van der Waals surface area (Å²) in [5.74, 6) is -0.713. The monoisotopic (exact) mass is 464 g/mol. The molecule has 3 rings (SSSR count). The van der Waals surface area contributed by atoms with Crippen LogP contribution in [0.2, 0.25) is 10.0 Å². The van der Waals surface area contributed by atoms with Crippen molar-refractivity contribution < 1.29 is 14.0 Å². The van der Waals surface area contributed by atoms with Crippen LogP contribution in [-0.4, -0.2) is 28.8 Å². The Kier molecular flexibility index (Phi) is 8.33. The van der Waals surface area contributed by atoms with Gasteiger partial charge in [0, 0.05) is 22.6 Å². The fourth-order valence-corrected chi connectivity index (χ4v) is 4.48. The van der Waals surface area contributed by atoms with E-state index in [1.807, 2.05) is 6.92 Å². The van der Waals surface area contributed by atoms with Crippen LogP contribution in [0.1, 0.15) is 50.2 Å². The minimum absolute atomic E-state index is 0.0460. The zero-order valence-corrected chi connectivity index (χ0v) is 19.1. The fourth-order valence-electron chi connectivity index (χ4n) is 4.00. The number of nitrogens with one attached hydrogen (secondary N) is 1. The molecular weight excluding hydrogens is 438 g/mol. The Balaban J connectivity index is 1.83. The molecule has 1 N–H and O–H groups in total. The zero-order chi connectivity index (χ0) is 22.4. The molecule has 0 aliphatic heterocycles. The molecule has 0 heterocycles. The summed E-state index contributed by atoms with van der Waals surface area (Å²) in [6.45, 7) is 2.10. The predicted molar refractivity (Wildman–Crippen MR) is 122 cm³/mol. The highest BCUT2D eigenvalue weighted by Crippen LogP contribution is 2.24. The Morgan fingerprint density at radius 2 is 1.81 bits per heavy atom. The van der Waals surface area contributed by atoms with Gasteiger partial charge in [0.2, 0.25) is 11.8 Å². The molecule has 1 saturated carbocycles. The summed E-state index contributed by atoms with van der Waals surface area (Å²) in [6, 6.07) is 10.5. The molecule has 1 aliphatic rings. The van der Waals surface area contributed by atoms with Crippen molar-refractivity contribution >= 4 is 35.0 Å². The van der Waals surface area contributed by atoms with E-state index in [9.17, 15) is 14.0 Å². The molecule has 4 nitrogen and oxygen atoms in total. The number of benzene rings is 2. The SMILES string of the molecule is CC[C@@H](C(=O)NC1CCCC1)N(Cc1ccc(F)cc1)C(=O)Cc1ccc(Cl)cc1Cl. The van der Waals surface area contributed by atoms with Crippen molar-refractivity contribution in [3.05, 3.63) is 69.5 Å². The average Bonchev–Trinajstić information content (AvgIpc) is 3.24. The second kappa shape index (κ2) is 11.0. The van der Waals surface area contributed by atoms with E-state index in [1.165, 1.54) is 12.1 Å². The molecular formula is C24H27Cl2FN2O2. The minimum Gasteiger partial charge on any atom is -0.352 e. The van der Waals surface area contributed by atoms with Crippen LogP contribution in [0.25, 0.3) is 0 Å². The van der Waals surface area contributed by atoms with E-state index < -0.39 is 6.04 Å². The largest absolute Gasteiger partial charge is 0.352 e. The van der Waals surface area contributed by atoms with Gasteiger partial charge in [-0.3, -0.25) is 9.59 Å². The molecule has 0 unspecified atom stereocenters. The smallest absolute Gasteiger partial charge is 0.243 e. The van der Waals surface area contributed by atoms with Crippen LogP contribution in [0.3, 0.4) is 0 Å². The second-order valence-electron chi connectivity index (χ2n) is 7.97. The highest BCUT2D eigenvalue weighted by molar-refractivity contribution is 6.35. The van der Waals surface area contributed by atoms with Crippen LogP contribution in [0, 0.1) is 5.82 Å². The molecule has 2 amide bonds. The highest BCUT2D eigenvalue weighted by atomic mass is 35.5. The number of rotatable bonds is 8. The van der Waals surface area contributed by atoms with Gasteiger partial charge in [0.15, 0.2) is 0 Å². The van der Waals surface area contributed by atoms with Gasteiger partial charge in [-0.1, -0.05) is 61.2 Å². The predicted octanol–water partition coefficient (Wildman–Crippen LogP) is 5.54. The molecule has 0 bridgehead atoms. The Morgan fingerprint density at radius 3 is 2.42 bits per heavy atom. The summed E-state index contributed by atoms with van der Waals surface area (Å²) in [5, 5.41) is 4.01. The van der Waals surface area contributed by atoms with Crippen LogP contribution < -0.4 is 5.32 Å². The van der Waals surface area contributed by atoms with Gasteiger partial charge in [-0.2, -0.15) is 0 Å². The van der Waals surface area contributed by atoms with Gasteiger partial charge in [0.05, 0.1) is 6.42 Å². The first-order valence-corrected chi connectivity index (χ1v) is 11.4. The molecule has 0 aromatic heterocycles. The lowest BCUT2D eigenvalue weighted by Gasteiger charge is -2.31. The molecule has 1 fully saturated rings. The van der Waals surface area contributed by atoms with Gasteiger partial charge in [-0.15, -0.1) is 0 Å². The molecule has 31 heavy (non-hydrogen) atoms. The van der Waals surface area contributed by atoms with Crippen LogP contribution in [-0.2, 0) is 22.6 Å². The number of amides is 2. The lowest BCUT2D eigenvalue weighted by Crippen LogP contribution is -2.51. The first kappa shape index (κ1) is 23.6. The quantitative estimate of drug-likeness (QED) is 0.557.